The van der Waals surface area contributed by atoms with Crippen LogP contribution < -0.4 is 0 Å². The van der Waals surface area contributed by atoms with Gasteiger partial charge in [-0.25, -0.2) is 9.37 Å². The van der Waals surface area contributed by atoms with Crippen LogP contribution in [0.4, 0.5) is 4.39 Å². The van der Waals surface area contributed by atoms with Crippen LogP contribution in [-0.2, 0) is 11.3 Å². The first kappa shape index (κ1) is 16.9. The molecule has 1 aromatic heterocycles. The second-order valence-corrected chi connectivity index (χ2v) is 7.97. The van der Waals surface area contributed by atoms with Gasteiger partial charge in [0.25, 0.3) is 0 Å². The highest BCUT2D eigenvalue weighted by atomic mass is 19.1. The summed E-state index contributed by atoms with van der Waals surface area (Å²) in [4.78, 5) is 21.7. The van der Waals surface area contributed by atoms with Gasteiger partial charge in [0, 0.05) is 24.9 Å². The zero-order valence-electron chi connectivity index (χ0n) is 15.2. The molecule has 0 spiro atoms. The number of carbonyl (C=O) groups is 1. The summed E-state index contributed by atoms with van der Waals surface area (Å²) in [6.07, 6.45) is 5.92. The maximum absolute atomic E-state index is 13.4. The van der Waals surface area contributed by atoms with Crippen molar-refractivity contribution in [2.45, 2.75) is 43.8 Å². The molecule has 0 aliphatic carbocycles. The van der Waals surface area contributed by atoms with E-state index in [1.54, 1.807) is 11.0 Å². The molecular weight excluding hydrogens is 345 g/mol. The lowest BCUT2D eigenvalue weighted by atomic mass is 9.75. The molecule has 4 aliphatic rings. The van der Waals surface area contributed by atoms with Gasteiger partial charge in [0.1, 0.15) is 18.5 Å². The molecule has 7 heteroatoms. The number of piperidine rings is 3. The normalized spacial score (nSPS) is 31.9. The van der Waals surface area contributed by atoms with Gasteiger partial charge in [0.2, 0.25) is 5.91 Å². The number of benzene rings is 1. The van der Waals surface area contributed by atoms with E-state index < -0.39 is 0 Å². The zero-order chi connectivity index (χ0) is 18.4. The van der Waals surface area contributed by atoms with Gasteiger partial charge in [-0.05, 0) is 49.5 Å². The largest absolute Gasteiger partial charge is 0.337 e. The summed E-state index contributed by atoms with van der Waals surface area (Å²) < 4.78 is 15.1. The third-order valence-corrected chi connectivity index (χ3v) is 6.63. The van der Waals surface area contributed by atoms with Crippen molar-refractivity contribution in [1.82, 2.24) is 24.6 Å². The molecule has 4 aliphatic heterocycles. The maximum Gasteiger partial charge on any atom is 0.224 e. The van der Waals surface area contributed by atoms with Crippen molar-refractivity contribution in [2.75, 3.05) is 19.6 Å². The molecule has 1 amide bonds. The summed E-state index contributed by atoms with van der Waals surface area (Å²) in [6.45, 7) is 3.52. The van der Waals surface area contributed by atoms with Gasteiger partial charge in [-0.1, -0.05) is 12.1 Å². The van der Waals surface area contributed by atoms with Gasteiger partial charge in [0.15, 0.2) is 0 Å². The minimum absolute atomic E-state index is 0.193. The minimum atomic E-state index is -0.209. The predicted molar refractivity (Wildman–Crippen MR) is 97.4 cm³/mol. The van der Waals surface area contributed by atoms with Crippen molar-refractivity contribution in [2.24, 2.45) is 5.92 Å². The maximum atomic E-state index is 13.4. The first-order valence-corrected chi connectivity index (χ1v) is 9.82. The van der Waals surface area contributed by atoms with E-state index in [0.29, 0.717) is 24.9 Å². The van der Waals surface area contributed by atoms with Crippen molar-refractivity contribution in [3.8, 4) is 0 Å². The molecule has 4 saturated heterocycles. The highest BCUT2D eigenvalue weighted by Crippen LogP contribution is 2.46. The highest BCUT2D eigenvalue weighted by molar-refractivity contribution is 5.77. The molecule has 5 heterocycles. The average molecular weight is 369 g/mol. The van der Waals surface area contributed by atoms with E-state index in [0.717, 1.165) is 25.2 Å². The second kappa shape index (κ2) is 6.71. The summed E-state index contributed by atoms with van der Waals surface area (Å²) in [5.41, 5.74) is 1.14. The third-order valence-electron chi connectivity index (χ3n) is 6.63. The van der Waals surface area contributed by atoms with Crippen LogP contribution in [-0.4, -0.2) is 62.2 Å². The molecule has 27 heavy (non-hydrogen) atoms. The van der Waals surface area contributed by atoms with Crippen molar-refractivity contribution in [3.63, 3.8) is 0 Å². The number of carbonyl (C=O) groups excluding carboxylic acids is 1. The summed E-state index contributed by atoms with van der Waals surface area (Å²) in [5, 5.41) is 4.10. The van der Waals surface area contributed by atoms with Crippen molar-refractivity contribution in [3.05, 3.63) is 48.3 Å². The summed E-state index contributed by atoms with van der Waals surface area (Å²) >= 11 is 0. The van der Waals surface area contributed by atoms with Crippen LogP contribution in [0, 0.1) is 11.7 Å². The molecule has 4 fully saturated rings. The zero-order valence-corrected chi connectivity index (χ0v) is 15.2. The van der Waals surface area contributed by atoms with Gasteiger partial charge >= 0.3 is 0 Å². The summed E-state index contributed by atoms with van der Waals surface area (Å²) in [7, 11) is 0. The summed E-state index contributed by atoms with van der Waals surface area (Å²) in [5.74, 6) is 0.827. The third kappa shape index (κ3) is 2.94. The molecule has 0 unspecified atom stereocenters. The predicted octanol–water partition coefficient (Wildman–Crippen LogP) is 1.90. The Morgan fingerprint density at radius 3 is 2.63 bits per heavy atom. The Labute approximate surface area is 158 Å². The van der Waals surface area contributed by atoms with Gasteiger partial charge < -0.3 is 4.90 Å². The molecule has 142 valence electrons. The molecule has 3 atom stereocenters. The van der Waals surface area contributed by atoms with E-state index in [1.165, 1.54) is 31.3 Å². The van der Waals surface area contributed by atoms with Crippen LogP contribution in [0.25, 0.3) is 0 Å². The quantitative estimate of drug-likeness (QED) is 0.826. The lowest BCUT2D eigenvalue weighted by molar-refractivity contribution is -0.136. The van der Waals surface area contributed by atoms with E-state index in [4.69, 9.17) is 0 Å². The van der Waals surface area contributed by atoms with Crippen LogP contribution in [0.15, 0.2) is 36.9 Å². The van der Waals surface area contributed by atoms with Crippen LogP contribution in [0.2, 0.25) is 0 Å². The lowest BCUT2D eigenvalue weighted by Crippen LogP contribution is -2.60. The molecule has 0 saturated carbocycles. The van der Waals surface area contributed by atoms with E-state index >= 15 is 0 Å². The highest BCUT2D eigenvalue weighted by Gasteiger charge is 2.54. The average Bonchev–Trinajstić information content (AvgIpc) is 3.37. The van der Waals surface area contributed by atoms with Gasteiger partial charge in [-0.3, -0.25) is 14.4 Å². The minimum Gasteiger partial charge on any atom is -0.337 e. The number of hydrogen-bond donors (Lipinski definition) is 0. The topological polar surface area (TPSA) is 54.3 Å². The molecular formula is C20H24FN5O. The van der Waals surface area contributed by atoms with E-state index in [1.807, 2.05) is 12.1 Å². The number of aryl methyl sites for hydroxylation is 1. The number of aromatic nitrogens is 3. The number of rotatable bonds is 4. The standard InChI is InChI=1S/C20H24FN5O/c21-16-3-1-14(2-4-16)17-11-26(18(27)7-10-25-13-22-12-23-25)19-15-5-8-24(9-6-15)20(17)19/h1-4,12-13,15,17,19-20H,5-11H2/t17-,19+,20+/m0/s1. The van der Waals surface area contributed by atoms with Crippen molar-refractivity contribution >= 4 is 5.91 Å². The monoisotopic (exact) mass is 369 g/mol. The van der Waals surface area contributed by atoms with Gasteiger partial charge in [-0.15, -0.1) is 0 Å². The number of halogens is 1. The van der Waals surface area contributed by atoms with Crippen LogP contribution >= 0.6 is 0 Å². The molecule has 2 aromatic rings. The number of likely N-dealkylation sites (tertiary alicyclic amines) is 1. The summed E-state index contributed by atoms with van der Waals surface area (Å²) in [6, 6.07) is 7.50. The Bertz CT molecular complexity index is 800. The van der Waals surface area contributed by atoms with Crippen molar-refractivity contribution < 1.29 is 9.18 Å². The van der Waals surface area contributed by atoms with Crippen molar-refractivity contribution in [1.29, 1.82) is 0 Å². The molecule has 6 nitrogen and oxygen atoms in total. The number of amides is 1. The number of nitrogens with zero attached hydrogens (tertiary/aromatic N) is 5. The van der Waals surface area contributed by atoms with Crippen LogP contribution in [0.1, 0.15) is 30.7 Å². The first-order valence-electron chi connectivity index (χ1n) is 9.82. The number of fused-ring (bicyclic) bond motifs is 2. The number of hydrogen-bond acceptors (Lipinski definition) is 4. The molecule has 2 bridgehead atoms. The SMILES string of the molecule is O=C(CCn1cncn1)N1C[C@@H](c2ccc(F)cc2)[C@@H]2[C@H]1C1CCN2CC1. The van der Waals surface area contributed by atoms with Crippen LogP contribution in [0.5, 0.6) is 0 Å². The Balaban J connectivity index is 1.40. The Morgan fingerprint density at radius 2 is 1.93 bits per heavy atom. The Morgan fingerprint density at radius 1 is 1.15 bits per heavy atom. The fraction of sp³-hybridized carbons (Fsp3) is 0.550. The van der Waals surface area contributed by atoms with E-state index in [-0.39, 0.29) is 23.7 Å². The smallest absolute Gasteiger partial charge is 0.224 e. The Hall–Kier alpha value is -2.28. The molecule has 6 rings (SSSR count). The second-order valence-electron chi connectivity index (χ2n) is 7.97. The van der Waals surface area contributed by atoms with Crippen LogP contribution in [0.3, 0.4) is 0 Å². The van der Waals surface area contributed by atoms with Gasteiger partial charge in [-0.2, -0.15) is 5.10 Å². The first-order chi connectivity index (χ1) is 13.2. The fourth-order valence-electron chi connectivity index (χ4n) is 5.41. The lowest BCUT2D eigenvalue weighted by Gasteiger charge is -2.51. The molecule has 0 radical (unpaired) electrons. The molecule has 0 N–H and O–H groups in total. The fourth-order valence-corrected chi connectivity index (χ4v) is 5.41. The molecule has 1 aromatic carbocycles. The van der Waals surface area contributed by atoms with E-state index in [2.05, 4.69) is 19.9 Å². The van der Waals surface area contributed by atoms with Gasteiger partial charge in [0.05, 0.1) is 12.6 Å². The Kier molecular flexibility index (Phi) is 4.19. The van der Waals surface area contributed by atoms with E-state index in [9.17, 15) is 9.18 Å².